The fourth-order valence-corrected chi connectivity index (χ4v) is 3.88. The van der Waals surface area contributed by atoms with E-state index in [1.165, 1.54) is 0 Å². The molecule has 2 aromatic carbocycles. The van der Waals surface area contributed by atoms with E-state index >= 15 is 0 Å². The largest absolute Gasteiger partial charge is 0.481 e. The Hall–Kier alpha value is -2.00. The molecule has 0 saturated heterocycles. The van der Waals surface area contributed by atoms with Crippen LogP contribution in [0.1, 0.15) is 29.2 Å². The molecule has 0 fully saturated rings. The molecule has 21 heavy (non-hydrogen) atoms. The van der Waals surface area contributed by atoms with Crippen LogP contribution in [0.5, 0.6) is 0 Å². The quantitative estimate of drug-likeness (QED) is 0.778. The zero-order valence-electron chi connectivity index (χ0n) is 11.8. The summed E-state index contributed by atoms with van der Waals surface area (Å²) in [5.74, 6) is -0.796. The van der Waals surface area contributed by atoms with Crippen molar-refractivity contribution in [1.29, 1.82) is 0 Å². The number of carboxylic acid groups (broad SMARTS) is 1. The summed E-state index contributed by atoms with van der Waals surface area (Å²) >= 11 is 1.65. The number of aliphatic carboxylic acids is 1. The van der Waals surface area contributed by atoms with Gasteiger partial charge in [-0.2, -0.15) is 0 Å². The van der Waals surface area contributed by atoms with Crippen LogP contribution in [0.15, 0.2) is 52.8 Å². The topological polar surface area (TPSA) is 37.3 Å². The Morgan fingerprint density at radius 1 is 1.24 bits per heavy atom. The van der Waals surface area contributed by atoms with Crippen molar-refractivity contribution in [3.8, 4) is 0 Å². The van der Waals surface area contributed by atoms with Gasteiger partial charge >= 0.3 is 5.97 Å². The van der Waals surface area contributed by atoms with Gasteiger partial charge in [-0.15, -0.1) is 0 Å². The zero-order chi connectivity index (χ0) is 15.0. The SMILES string of the molecule is C=C1c2ccccc2Sc2c(CC(=O)O)cc(CC)cc21. The lowest BCUT2D eigenvalue weighted by atomic mass is 9.93. The molecule has 0 radical (unpaired) electrons. The number of fused-ring (bicyclic) bond motifs is 2. The molecule has 0 aliphatic carbocycles. The maximum atomic E-state index is 11.1. The highest BCUT2D eigenvalue weighted by Crippen LogP contribution is 2.46. The van der Waals surface area contributed by atoms with Crippen molar-refractivity contribution >= 4 is 23.3 Å². The molecule has 2 nitrogen and oxygen atoms in total. The molecule has 1 N–H and O–H groups in total. The first kappa shape index (κ1) is 14.0. The first-order valence-electron chi connectivity index (χ1n) is 6.94. The lowest BCUT2D eigenvalue weighted by Gasteiger charge is -2.24. The van der Waals surface area contributed by atoms with Gasteiger partial charge in [0.2, 0.25) is 0 Å². The average Bonchev–Trinajstić information content (AvgIpc) is 2.47. The number of rotatable bonds is 3. The van der Waals surface area contributed by atoms with Crippen LogP contribution >= 0.6 is 11.8 Å². The fraction of sp³-hybridized carbons (Fsp3) is 0.167. The molecule has 0 saturated carbocycles. The Morgan fingerprint density at radius 3 is 2.71 bits per heavy atom. The van der Waals surface area contributed by atoms with Crippen LogP contribution in [0.4, 0.5) is 0 Å². The van der Waals surface area contributed by atoms with Crippen LogP contribution in [-0.2, 0) is 17.6 Å². The number of hydrogen-bond acceptors (Lipinski definition) is 2. The zero-order valence-corrected chi connectivity index (χ0v) is 12.7. The predicted octanol–water partition coefficient (Wildman–Crippen LogP) is 4.40. The van der Waals surface area contributed by atoms with E-state index in [4.69, 9.17) is 5.11 Å². The second kappa shape index (κ2) is 5.41. The minimum absolute atomic E-state index is 0.0542. The van der Waals surface area contributed by atoms with Crippen molar-refractivity contribution in [2.45, 2.75) is 29.6 Å². The highest BCUT2D eigenvalue weighted by atomic mass is 32.2. The summed E-state index contributed by atoms with van der Waals surface area (Å²) in [6.45, 7) is 6.31. The monoisotopic (exact) mass is 296 g/mol. The average molecular weight is 296 g/mol. The van der Waals surface area contributed by atoms with E-state index in [2.05, 4.69) is 31.7 Å². The van der Waals surface area contributed by atoms with Gasteiger partial charge in [0.05, 0.1) is 6.42 Å². The molecule has 3 heteroatoms. The standard InChI is InChI=1S/C18H16O2S/c1-3-12-8-13(10-17(19)20)18-15(9-12)11(2)14-6-4-5-7-16(14)21-18/h4-9H,2-3,10H2,1H3,(H,19,20). The van der Waals surface area contributed by atoms with Crippen LogP contribution < -0.4 is 0 Å². The fourth-order valence-electron chi connectivity index (χ4n) is 2.66. The summed E-state index contributed by atoms with van der Waals surface area (Å²) in [4.78, 5) is 13.3. The van der Waals surface area contributed by atoms with Crippen molar-refractivity contribution in [2.24, 2.45) is 0 Å². The van der Waals surface area contributed by atoms with E-state index < -0.39 is 5.97 Å². The first-order valence-corrected chi connectivity index (χ1v) is 7.76. The van der Waals surface area contributed by atoms with Crippen LogP contribution in [0.25, 0.3) is 5.57 Å². The maximum absolute atomic E-state index is 11.1. The number of carbonyl (C=O) groups is 1. The van der Waals surface area contributed by atoms with E-state index in [1.54, 1.807) is 11.8 Å². The minimum Gasteiger partial charge on any atom is -0.481 e. The molecule has 0 atom stereocenters. The summed E-state index contributed by atoms with van der Waals surface area (Å²) in [6.07, 6.45) is 0.943. The highest BCUT2D eigenvalue weighted by Gasteiger charge is 2.23. The molecular weight excluding hydrogens is 280 g/mol. The summed E-state index contributed by atoms with van der Waals surface area (Å²) in [7, 11) is 0. The third-order valence-corrected chi connectivity index (χ3v) is 4.99. The molecule has 0 spiro atoms. The second-order valence-corrected chi connectivity index (χ2v) is 6.18. The molecule has 0 unspecified atom stereocenters. The number of benzene rings is 2. The predicted molar refractivity (Wildman–Crippen MR) is 85.9 cm³/mol. The molecular formula is C18H16O2S. The van der Waals surface area contributed by atoms with E-state index in [0.717, 1.165) is 44.0 Å². The summed E-state index contributed by atoms with van der Waals surface area (Å²) < 4.78 is 0. The maximum Gasteiger partial charge on any atom is 0.307 e. The van der Waals surface area contributed by atoms with Gasteiger partial charge in [0.1, 0.15) is 0 Å². The molecule has 1 aliphatic heterocycles. The number of carboxylic acids is 1. The summed E-state index contributed by atoms with van der Waals surface area (Å²) in [6, 6.07) is 12.3. The van der Waals surface area contributed by atoms with Crippen LogP contribution in [0, 0.1) is 0 Å². The second-order valence-electron chi connectivity index (χ2n) is 5.13. The molecule has 1 aliphatic rings. The third kappa shape index (κ3) is 2.49. The number of hydrogen-bond donors (Lipinski definition) is 1. The van der Waals surface area contributed by atoms with E-state index in [0.29, 0.717) is 0 Å². The molecule has 3 rings (SSSR count). The summed E-state index contributed by atoms with van der Waals surface area (Å²) in [5, 5.41) is 9.16. The van der Waals surface area contributed by atoms with Crippen molar-refractivity contribution in [2.75, 3.05) is 0 Å². The van der Waals surface area contributed by atoms with Crippen LogP contribution in [0.3, 0.4) is 0 Å². The van der Waals surface area contributed by atoms with Gasteiger partial charge in [-0.3, -0.25) is 4.79 Å². The smallest absolute Gasteiger partial charge is 0.307 e. The number of aryl methyl sites for hydroxylation is 1. The van der Waals surface area contributed by atoms with Gasteiger partial charge in [0.15, 0.2) is 0 Å². The van der Waals surface area contributed by atoms with Crippen LogP contribution in [-0.4, -0.2) is 11.1 Å². The van der Waals surface area contributed by atoms with E-state index in [9.17, 15) is 4.79 Å². The molecule has 106 valence electrons. The van der Waals surface area contributed by atoms with Crippen molar-refractivity contribution < 1.29 is 9.90 Å². The Balaban J connectivity index is 2.19. The first-order chi connectivity index (χ1) is 10.1. The van der Waals surface area contributed by atoms with Gasteiger partial charge < -0.3 is 5.11 Å². The summed E-state index contributed by atoms with van der Waals surface area (Å²) in [5.41, 5.74) is 5.25. The Morgan fingerprint density at radius 2 is 2.00 bits per heavy atom. The molecule has 0 aromatic heterocycles. The highest BCUT2D eigenvalue weighted by molar-refractivity contribution is 7.99. The molecule has 2 aromatic rings. The Labute approximate surface area is 128 Å². The normalized spacial score (nSPS) is 12.7. The van der Waals surface area contributed by atoms with Gasteiger partial charge in [0.25, 0.3) is 0 Å². The van der Waals surface area contributed by atoms with E-state index in [1.807, 2.05) is 18.2 Å². The van der Waals surface area contributed by atoms with Crippen molar-refractivity contribution in [1.82, 2.24) is 0 Å². The van der Waals surface area contributed by atoms with Crippen LogP contribution in [0.2, 0.25) is 0 Å². The van der Waals surface area contributed by atoms with Gasteiger partial charge in [-0.25, -0.2) is 0 Å². The molecule has 1 heterocycles. The molecule has 0 bridgehead atoms. The lowest BCUT2D eigenvalue weighted by Crippen LogP contribution is -2.07. The third-order valence-electron chi connectivity index (χ3n) is 3.72. The van der Waals surface area contributed by atoms with Crippen molar-refractivity contribution in [3.63, 3.8) is 0 Å². The van der Waals surface area contributed by atoms with Gasteiger partial charge in [-0.05, 0) is 40.3 Å². The Kier molecular flexibility index (Phi) is 3.60. The minimum atomic E-state index is -0.796. The lowest BCUT2D eigenvalue weighted by molar-refractivity contribution is -0.136. The van der Waals surface area contributed by atoms with Gasteiger partial charge in [0, 0.05) is 9.79 Å². The Bertz CT molecular complexity index is 747. The van der Waals surface area contributed by atoms with Gasteiger partial charge in [-0.1, -0.05) is 55.6 Å². The van der Waals surface area contributed by atoms with E-state index in [-0.39, 0.29) is 6.42 Å². The molecule has 0 amide bonds. The van der Waals surface area contributed by atoms with Crippen molar-refractivity contribution in [3.05, 3.63) is 65.2 Å².